The van der Waals surface area contributed by atoms with Crippen LogP contribution in [-0.4, -0.2) is 20.6 Å². The molecule has 0 aliphatic carbocycles. The molecular weight excluding hydrogens is 316 g/mol. The van der Waals surface area contributed by atoms with Crippen LogP contribution < -0.4 is 10.5 Å². The zero-order valence-electron chi connectivity index (χ0n) is 12.6. The summed E-state index contributed by atoms with van der Waals surface area (Å²) in [5, 5.41) is 0. The van der Waals surface area contributed by atoms with E-state index in [2.05, 4.69) is 4.72 Å². The lowest BCUT2D eigenvalue weighted by atomic mass is 10.2. The van der Waals surface area contributed by atoms with Gasteiger partial charge in [-0.15, -0.1) is 0 Å². The van der Waals surface area contributed by atoms with Crippen molar-refractivity contribution in [2.75, 3.05) is 0 Å². The zero-order valence-corrected chi connectivity index (χ0v) is 13.4. The smallest absolute Gasteiger partial charge is 0.339 e. The van der Waals surface area contributed by atoms with Gasteiger partial charge in [-0.2, -0.15) is 4.72 Å². The maximum atomic E-state index is 12.1. The summed E-state index contributed by atoms with van der Waals surface area (Å²) in [6.07, 6.45) is -1.47. The number of hydrogen-bond donors (Lipinski definition) is 2. The molecule has 0 saturated heterocycles. The summed E-state index contributed by atoms with van der Waals surface area (Å²) in [7, 11) is -3.88. The first-order chi connectivity index (χ1) is 10.9. The lowest BCUT2D eigenvalue weighted by Gasteiger charge is -2.14. The molecule has 0 aromatic heterocycles. The molecule has 6 nitrogen and oxygen atoms in total. The van der Waals surface area contributed by atoms with E-state index < -0.39 is 22.2 Å². The first-order valence-electron chi connectivity index (χ1n) is 6.93. The summed E-state index contributed by atoms with van der Waals surface area (Å²) in [5.41, 5.74) is 7.28. The fourth-order valence-electron chi connectivity index (χ4n) is 1.82. The largest absolute Gasteiger partial charge is 0.459 e. The van der Waals surface area contributed by atoms with Gasteiger partial charge in [-0.3, -0.25) is 0 Å². The van der Waals surface area contributed by atoms with Crippen LogP contribution in [0.25, 0.3) is 0 Å². The summed E-state index contributed by atoms with van der Waals surface area (Å²) >= 11 is 0. The van der Waals surface area contributed by atoms with Crippen LogP contribution in [0.3, 0.4) is 0 Å². The zero-order chi connectivity index (χ0) is 16.9. The molecule has 2 aromatic carbocycles. The molecule has 0 spiro atoms. The minimum Gasteiger partial charge on any atom is -0.459 e. The summed E-state index contributed by atoms with van der Waals surface area (Å²) in [5.74, 6) is -0.843. The maximum Gasteiger partial charge on any atom is 0.339 e. The van der Waals surface area contributed by atoms with Gasteiger partial charge in [-0.05, 0) is 24.6 Å². The van der Waals surface area contributed by atoms with E-state index in [0.717, 1.165) is 11.1 Å². The molecule has 2 rings (SSSR count). The van der Waals surface area contributed by atoms with Gasteiger partial charge in [0.15, 0.2) is 6.17 Å². The molecular formula is C16H18N2O4S. The van der Waals surface area contributed by atoms with E-state index in [9.17, 15) is 13.2 Å². The Morgan fingerprint density at radius 1 is 1.13 bits per heavy atom. The van der Waals surface area contributed by atoms with Gasteiger partial charge in [0.2, 0.25) is 10.0 Å². The van der Waals surface area contributed by atoms with Gasteiger partial charge in [0.05, 0.1) is 4.90 Å². The van der Waals surface area contributed by atoms with Crippen molar-refractivity contribution in [3.8, 4) is 0 Å². The van der Waals surface area contributed by atoms with E-state index in [-0.39, 0.29) is 11.5 Å². The monoisotopic (exact) mass is 334 g/mol. The quantitative estimate of drug-likeness (QED) is 0.613. The summed E-state index contributed by atoms with van der Waals surface area (Å²) < 4.78 is 31.4. The number of ether oxygens (including phenoxy) is 1. The molecule has 1 unspecified atom stereocenters. The highest BCUT2D eigenvalue weighted by Crippen LogP contribution is 2.10. The van der Waals surface area contributed by atoms with Crippen molar-refractivity contribution in [2.45, 2.75) is 24.6 Å². The first-order valence-corrected chi connectivity index (χ1v) is 8.42. The molecule has 0 radical (unpaired) electrons. The van der Waals surface area contributed by atoms with Crippen LogP contribution in [0.4, 0.5) is 0 Å². The number of carbonyl (C=O) groups excluding carboxylic acids is 1. The standard InChI is InChI=1S/C16H18N2O4S/c1-12-7-9-14(10-8-12)23(20,21)18-15(17)16(19)22-11-13-5-3-2-4-6-13/h2-10,15,18H,11,17H2,1H3. The number of benzene rings is 2. The van der Waals surface area contributed by atoms with E-state index >= 15 is 0 Å². The van der Waals surface area contributed by atoms with Crippen molar-refractivity contribution in [3.05, 3.63) is 65.7 Å². The van der Waals surface area contributed by atoms with E-state index in [4.69, 9.17) is 10.5 Å². The van der Waals surface area contributed by atoms with E-state index in [1.165, 1.54) is 12.1 Å². The van der Waals surface area contributed by atoms with Crippen LogP contribution in [0.5, 0.6) is 0 Å². The molecule has 0 bridgehead atoms. The Kier molecular flexibility index (Phi) is 5.49. The second kappa shape index (κ2) is 7.36. The molecule has 7 heteroatoms. The van der Waals surface area contributed by atoms with Crippen molar-refractivity contribution >= 4 is 16.0 Å². The van der Waals surface area contributed by atoms with Crippen LogP contribution in [0.1, 0.15) is 11.1 Å². The van der Waals surface area contributed by atoms with Gasteiger partial charge in [0.25, 0.3) is 0 Å². The van der Waals surface area contributed by atoms with Gasteiger partial charge in [0, 0.05) is 0 Å². The van der Waals surface area contributed by atoms with Crippen molar-refractivity contribution < 1.29 is 17.9 Å². The second-order valence-electron chi connectivity index (χ2n) is 5.01. The SMILES string of the molecule is Cc1ccc(S(=O)(=O)NC(N)C(=O)OCc2ccccc2)cc1. The average molecular weight is 334 g/mol. The second-order valence-corrected chi connectivity index (χ2v) is 6.72. The van der Waals surface area contributed by atoms with Crippen molar-refractivity contribution in [3.63, 3.8) is 0 Å². The number of hydrogen-bond acceptors (Lipinski definition) is 5. The van der Waals surface area contributed by atoms with Gasteiger partial charge in [0.1, 0.15) is 6.61 Å². The molecule has 0 heterocycles. The molecule has 0 aliphatic heterocycles. The Labute approximate surface area is 135 Å². The average Bonchev–Trinajstić information content (AvgIpc) is 2.53. The first kappa shape index (κ1) is 17.1. The third-order valence-corrected chi connectivity index (χ3v) is 4.55. The third kappa shape index (κ3) is 4.88. The summed E-state index contributed by atoms with van der Waals surface area (Å²) in [4.78, 5) is 11.8. The van der Waals surface area contributed by atoms with Gasteiger partial charge in [-0.1, -0.05) is 48.0 Å². The van der Waals surface area contributed by atoms with E-state index in [1.807, 2.05) is 25.1 Å². The Morgan fingerprint density at radius 3 is 2.35 bits per heavy atom. The maximum absolute atomic E-state index is 12.1. The summed E-state index contributed by atoms with van der Waals surface area (Å²) in [6.45, 7) is 1.87. The normalized spacial score (nSPS) is 12.6. The lowest BCUT2D eigenvalue weighted by molar-refractivity contribution is -0.146. The molecule has 3 N–H and O–H groups in total. The van der Waals surface area contributed by atoms with Gasteiger partial charge in [-0.25, -0.2) is 13.2 Å². The van der Waals surface area contributed by atoms with Crippen molar-refractivity contribution in [1.82, 2.24) is 4.72 Å². The van der Waals surface area contributed by atoms with Crippen molar-refractivity contribution in [2.24, 2.45) is 5.73 Å². The minimum absolute atomic E-state index is 0.0274. The summed E-state index contributed by atoms with van der Waals surface area (Å²) in [6, 6.07) is 15.2. The van der Waals surface area contributed by atoms with Crippen LogP contribution in [0.15, 0.2) is 59.5 Å². The third-order valence-electron chi connectivity index (χ3n) is 3.09. The van der Waals surface area contributed by atoms with Gasteiger partial charge < -0.3 is 10.5 Å². The fourth-order valence-corrected chi connectivity index (χ4v) is 2.88. The number of aryl methyl sites for hydroxylation is 1. The number of nitrogens with two attached hydrogens (primary N) is 1. The molecule has 0 amide bonds. The molecule has 1 atom stereocenters. The number of carbonyl (C=O) groups is 1. The number of esters is 1. The topological polar surface area (TPSA) is 98.5 Å². The molecule has 0 aliphatic rings. The highest BCUT2D eigenvalue weighted by molar-refractivity contribution is 7.89. The Bertz CT molecular complexity index is 758. The van der Waals surface area contributed by atoms with E-state index in [1.54, 1.807) is 24.3 Å². The molecule has 0 saturated carbocycles. The lowest BCUT2D eigenvalue weighted by Crippen LogP contribution is -2.48. The molecule has 122 valence electrons. The number of nitrogens with one attached hydrogen (secondary N) is 1. The molecule has 23 heavy (non-hydrogen) atoms. The minimum atomic E-state index is -3.88. The Hall–Kier alpha value is -2.22. The predicted octanol–water partition coefficient (Wildman–Crippen LogP) is 1.30. The predicted molar refractivity (Wildman–Crippen MR) is 85.7 cm³/mol. The number of sulfonamides is 1. The Morgan fingerprint density at radius 2 is 1.74 bits per heavy atom. The number of rotatable bonds is 6. The van der Waals surface area contributed by atoms with Crippen molar-refractivity contribution in [1.29, 1.82) is 0 Å². The molecule has 2 aromatic rings. The highest BCUT2D eigenvalue weighted by atomic mass is 32.2. The fraction of sp³-hybridized carbons (Fsp3) is 0.188. The van der Waals surface area contributed by atoms with Gasteiger partial charge >= 0.3 is 5.97 Å². The van der Waals surface area contributed by atoms with E-state index in [0.29, 0.717) is 0 Å². The van der Waals surface area contributed by atoms with Crippen LogP contribution in [0.2, 0.25) is 0 Å². The van der Waals surface area contributed by atoms with Crippen LogP contribution in [-0.2, 0) is 26.2 Å². The van der Waals surface area contributed by atoms with Crippen LogP contribution >= 0.6 is 0 Å². The Balaban J connectivity index is 1.96. The highest BCUT2D eigenvalue weighted by Gasteiger charge is 2.23. The van der Waals surface area contributed by atoms with Crippen LogP contribution in [0, 0.1) is 6.92 Å². The molecule has 0 fully saturated rings.